The maximum atomic E-state index is 12.5. The number of piperidine rings is 1. The smallest absolute Gasteiger partial charge is 0.252 e. The van der Waals surface area contributed by atoms with Crippen molar-refractivity contribution in [2.24, 2.45) is 0 Å². The Morgan fingerprint density at radius 1 is 1.29 bits per heavy atom. The number of benzene rings is 1. The maximum Gasteiger partial charge on any atom is 0.252 e. The van der Waals surface area contributed by atoms with Crippen LogP contribution in [0.2, 0.25) is 0 Å². The van der Waals surface area contributed by atoms with Crippen LogP contribution in [0.5, 0.6) is 0 Å². The predicted molar refractivity (Wildman–Crippen MR) is 96.5 cm³/mol. The number of nitrogens with one attached hydrogen (secondary N) is 1. The molecule has 5 nitrogen and oxygen atoms in total. The second kappa shape index (κ2) is 6.91. The largest absolute Gasteiger partial charge is 0.393 e. The standard InChI is InChI=1S/C18H23N3O2S/c1-18(2,17-19-9-12-24-17)20-16(23)13-3-5-14(6-4-13)21-10-7-15(22)8-11-21/h3-6,9,12,15,22H,7-8,10-11H2,1-2H3,(H,20,23). The van der Waals surface area contributed by atoms with E-state index in [-0.39, 0.29) is 12.0 Å². The van der Waals surface area contributed by atoms with Gasteiger partial charge in [0, 0.05) is 35.9 Å². The fourth-order valence-corrected chi connectivity index (χ4v) is 3.61. The zero-order valence-electron chi connectivity index (χ0n) is 14.0. The van der Waals surface area contributed by atoms with Crippen molar-refractivity contribution in [3.63, 3.8) is 0 Å². The van der Waals surface area contributed by atoms with Crippen molar-refractivity contribution < 1.29 is 9.90 Å². The molecule has 0 radical (unpaired) electrons. The Morgan fingerprint density at radius 3 is 2.54 bits per heavy atom. The first-order chi connectivity index (χ1) is 11.5. The van der Waals surface area contributed by atoms with Gasteiger partial charge in [-0.1, -0.05) is 0 Å². The molecule has 128 valence electrons. The number of hydrogen-bond acceptors (Lipinski definition) is 5. The van der Waals surface area contributed by atoms with Crippen molar-refractivity contribution in [3.8, 4) is 0 Å². The zero-order chi connectivity index (χ0) is 17.2. The van der Waals surface area contributed by atoms with E-state index in [1.54, 1.807) is 6.20 Å². The number of nitrogens with zero attached hydrogens (tertiary/aromatic N) is 2. The fraction of sp³-hybridized carbons (Fsp3) is 0.444. The van der Waals surface area contributed by atoms with Crippen LogP contribution in [-0.4, -0.2) is 35.2 Å². The maximum absolute atomic E-state index is 12.5. The molecule has 0 saturated carbocycles. The zero-order valence-corrected chi connectivity index (χ0v) is 14.8. The number of carbonyl (C=O) groups excluding carboxylic acids is 1. The quantitative estimate of drug-likeness (QED) is 0.894. The third-order valence-corrected chi connectivity index (χ3v) is 5.45. The van der Waals surface area contributed by atoms with Gasteiger partial charge in [-0.05, 0) is 51.0 Å². The summed E-state index contributed by atoms with van der Waals surface area (Å²) in [5.74, 6) is -0.101. The monoisotopic (exact) mass is 345 g/mol. The second-order valence-corrected chi connectivity index (χ2v) is 7.58. The Morgan fingerprint density at radius 2 is 1.96 bits per heavy atom. The molecule has 1 aromatic carbocycles. The lowest BCUT2D eigenvalue weighted by Crippen LogP contribution is -2.41. The summed E-state index contributed by atoms with van der Waals surface area (Å²) < 4.78 is 0. The molecule has 3 rings (SSSR count). The van der Waals surface area contributed by atoms with Gasteiger partial charge >= 0.3 is 0 Å². The van der Waals surface area contributed by atoms with E-state index in [9.17, 15) is 9.90 Å². The highest BCUT2D eigenvalue weighted by molar-refractivity contribution is 7.09. The van der Waals surface area contributed by atoms with Crippen molar-refractivity contribution in [2.75, 3.05) is 18.0 Å². The molecule has 1 aliphatic rings. The summed E-state index contributed by atoms with van der Waals surface area (Å²) >= 11 is 1.54. The minimum Gasteiger partial charge on any atom is -0.393 e. The average Bonchev–Trinajstić information content (AvgIpc) is 3.11. The first kappa shape index (κ1) is 16.9. The van der Waals surface area contributed by atoms with Crippen LogP contribution in [0.3, 0.4) is 0 Å². The van der Waals surface area contributed by atoms with Crippen molar-refractivity contribution in [1.29, 1.82) is 0 Å². The molecular formula is C18H23N3O2S. The number of thiazole rings is 1. The molecule has 0 aliphatic carbocycles. The molecule has 0 bridgehead atoms. The van der Waals surface area contributed by atoms with Gasteiger partial charge in [0.15, 0.2) is 0 Å². The molecule has 1 fully saturated rings. The molecule has 2 aromatic rings. The van der Waals surface area contributed by atoms with Gasteiger partial charge < -0.3 is 15.3 Å². The van der Waals surface area contributed by atoms with Crippen LogP contribution in [0.1, 0.15) is 42.1 Å². The number of hydrogen-bond donors (Lipinski definition) is 2. The third-order valence-electron chi connectivity index (χ3n) is 4.35. The first-order valence-corrected chi connectivity index (χ1v) is 9.09. The molecule has 2 heterocycles. The fourth-order valence-electron chi connectivity index (χ4n) is 2.89. The molecule has 2 N–H and O–H groups in total. The van der Waals surface area contributed by atoms with E-state index < -0.39 is 5.54 Å². The lowest BCUT2D eigenvalue weighted by atomic mass is 10.0. The van der Waals surface area contributed by atoms with Crippen molar-refractivity contribution in [2.45, 2.75) is 38.3 Å². The van der Waals surface area contributed by atoms with Crippen LogP contribution in [-0.2, 0) is 5.54 Å². The second-order valence-electron chi connectivity index (χ2n) is 6.68. The van der Waals surface area contributed by atoms with Gasteiger partial charge in [-0.25, -0.2) is 4.98 Å². The highest BCUT2D eigenvalue weighted by Crippen LogP contribution is 2.24. The van der Waals surface area contributed by atoms with Gasteiger partial charge in [-0.15, -0.1) is 11.3 Å². The molecule has 0 unspecified atom stereocenters. The normalized spacial score (nSPS) is 16.2. The number of aliphatic hydroxyl groups excluding tert-OH is 1. The molecule has 1 aliphatic heterocycles. The Bertz CT molecular complexity index is 675. The Balaban J connectivity index is 1.66. The van der Waals surface area contributed by atoms with Crippen LogP contribution in [0, 0.1) is 0 Å². The lowest BCUT2D eigenvalue weighted by Gasteiger charge is -2.31. The number of rotatable bonds is 4. The SMILES string of the molecule is CC(C)(NC(=O)c1ccc(N2CCC(O)CC2)cc1)c1nccs1. The van der Waals surface area contributed by atoms with Gasteiger partial charge in [-0.2, -0.15) is 0 Å². The Hall–Kier alpha value is -1.92. The summed E-state index contributed by atoms with van der Waals surface area (Å²) in [5, 5.41) is 15.4. The van der Waals surface area contributed by atoms with Gasteiger partial charge in [0.05, 0.1) is 11.6 Å². The van der Waals surface area contributed by atoms with Gasteiger partial charge in [0.2, 0.25) is 0 Å². The number of anilines is 1. The topological polar surface area (TPSA) is 65.5 Å². The number of aliphatic hydroxyl groups is 1. The molecule has 1 saturated heterocycles. The molecule has 24 heavy (non-hydrogen) atoms. The van der Waals surface area contributed by atoms with Crippen LogP contribution in [0.4, 0.5) is 5.69 Å². The van der Waals surface area contributed by atoms with Crippen molar-refractivity contribution >= 4 is 22.9 Å². The van der Waals surface area contributed by atoms with Gasteiger partial charge in [-0.3, -0.25) is 4.79 Å². The van der Waals surface area contributed by atoms with E-state index in [2.05, 4.69) is 15.2 Å². The number of carbonyl (C=O) groups is 1. The van der Waals surface area contributed by atoms with Crippen LogP contribution in [0.25, 0.3) is 0 Å². The Kier molecular flexibility index (Phi) is 4.87. The molecule has 1 aromatic heterocycles. The van der Waals surface area contributed by atoms with E-state index in [4.69, 9.17) is 0 Å². The van der Waals surface area contributed by atoms with Crippen LogP contribution in [0.15, 0.2) is 35.8 Å². The van der Waals surface area contributed by atoms with E-state index in [0.717, 1.165) is 36.6 Å². The summed E-state index contributed by atoms with van der Waals surface area (Å²) in [4.78, 5) is 19.0. The van der Waals surface area contributed by atoms with Gasteiger partial charge in [0.25, 0.3) is 5.91 Å². The summed E-state index contributed by atoms with van der Waals surface area (Å²) in [5.41, 5.74) is 1.24. The molecule has 6 heteroatoms. The minimum atomic E-state index is -0.493. The first-order valence-electron chi connectivity index (χ1n) is 8.21. The molecule has 1 amide bonds. The summed E-state index contributed by atoms with van der Waals surface area (Å²) in [6.45, 7) is 5.61. The molecule has 0 spiro atoms. The third kappa shape index (κ3) is 3.76. The summed E-state index contributed by atoms with van der Waals surface area (Å²) in [6, 6.07) is 7.66. The highest BCUT2D eigenvalue weighted by Gasteiger charge is 2.26. The Labute approximate surface area is 146 Å². The van der Waals surface area contributed by atoms with E-state index >= 15 is 0 Å². The van der Waals surface area contributed by atoms with E-state index in [1.165, 1.54) is 11.3 Å². The summed E-state index contributed by atoms with van der Waals surface area (Å²) in [7, 11) is 0. The van der Waals surface area contributed by atoms with Crippen molar-refractivity contribution in [1.82, 2.24) is 10.3 Å². The van der Waals surface area contributed by atoms with Crippen LogP contribution >= 0.6 is 11.3 Å². The van der Waals surface area contributed by atoms with E-state index in [0.29, 0.717) is 5.56 Å². The number of aromatic nitrogens is 1. The molecule has 0 atom stereocenters. The predicted octanol–water partition coefficient (Wildman–Crippen LogP) is 2.77. The average molecular weight is 345 g/mol. The summed E-state index contributed by atoms with van der Waals surface area (Å²) in [6.07, 6.45) is 3.16. The van der Waals surface area contributed by atoms with E-state index in [1.807, 2.05) is 43.5 Å². The number of amides is 1. The van der Waals surface area contributed by atoms with Crippen LogP contribution < -0.4 is 10.2 Å². The minimum absolute atomic E-state index is 0.101. The highest BCUT2D eigenvalue weighted by atomic mass is 32.1. The van der Waals surface area contributed by atoms with Crippen molar-refractivity contribution in [3.05, 3.63) is 46.4 Å². The van der Waals surface area contributed by atoms with Gasteiger partial charge in [0.1, 0.15) is 5.01 Å². The lowest BCUT2D eigenvalue weighted by molar-refractivity contribution is 0.0912. The molecular weight excluding hydrogens is 322 g/mol.